The van der Waals surface area contributed by atoms with E-state index in [1.54, 1.807) is 0 Å². The number of esters is 1. The largest absolute Gasteiger partial charge is 0.448 e. The summed E-state index contributed by atoms with van der Waals surface area (Å²) in [5.41, 5.74) is 8.49. The fraction of sp³-hybridized carbons (Fsp3) is 0.174. The van der Waals surface area contributed by atoms with Crippen molar-refractivity contribution in [2.24, 2.45) is 5.73 Å². The lowest BCUT2D eigenvalue weighted by molar-refractivity contribution is -0.149. The molecule has 0 aliphatic carbocycles. The van der Waals surface area contributed by atoms with Crippen LogP contribution in [0, 0.1) is 25.2 Å². The molecule has 6 heteroatoms. The van der Waals surface area contributed by atoms with Gasteiger partial charge in [0.1, 0.15) is 11.6 Å². The Balaban J connectivity index is 2.05. The van der Waals surface area contributed by atoms with Gasteiger partial charge in [0, 0.05) is 16.8 Å². The summed E-state index contributed by atoms with van der Waals surface area (Å²) in [6.07, 6.45) is 0.363. The first-order valence-electron chi connectivity index (χ1n) is 9.12. The molecule has 1 heterocycles. The van der Waals surface area contributed by atoms with Crippen LogP contribution in [0.1, 0.15) is 23.9 Å². The Morgan fingerprint density at radius 3 is 2.55 bits per heavy atom. The van der Waals surface area contributed by atoms with Gasteiger partial charge in [-0.3, -0.25) is 4.79 Å². The van der Waals surface area contributed by atoms with E-state index in [0.29, 0.717) is 0 Å². The van der Waals surface area contributed by atoms with Crippen LogP contribution in [0.4, 0.5) is 0 Å². The molecule has 0 spiro atoms. The first-order chi connectivity index (χ1) is 13.8. The van der Waals surface area contributed by atoms with E-state index in [9.17, 15) is 14.9 Å². The van der Waals surface area contributed by atoms with Crippen molar-refractivity contribution >= 4 is 28.7 Å². The molecule has 2 N–H and O–H groups in total. The number of carbonyl (C=O) groups excluding carboxylic acids is 2. The molecule has 3 rings (SSSR count). The summed E-state index contributed by atoms with van der Waals surface area (Å²) in [4.78, 5) is 23.3. The van der Waals surface area contributed by atoms with Crippen LogP contribution in [0.15, 0.2) is 54.1 Å². The number of aromatic nitrogens is 1. The third-order valence-corrected chi connectivity index (χ3v) is 4.80. The average molecular weight is 387 g/mol. The molecule has 0 saturated heterocycles. The van der Waals surface area contributed by atoms with E-state index < -0.39 is 18.0 Å². The molecule has 0 radical (unpaired) electrons. The van der Waals surface area contributed by atoms with Crippen molar-refractivity contribution in [3.8, 4) is 11.8 Å². The Morgan fingerprint density at radius 1 is 1.17 bits per heavy atom. The lowest BCUT2D eigenvalue weighted by Crippen LogP contribution is -2.30. The molecule has 1 aromatic heterocycles. The zero-order chi connectivity index (χ0) is 21.1. The number of ether oxygens (including phenoxy) is 1. The van der Waals surface area contributed by atoms with E-state index in [0.717, 1.165) is 33.4 Å². The van der Waals surface area contributed by atoms with Gasteiger partial charge in [0.05, 0.1) is 5.69 Å². The van der Waals surface area contributed by atoms with Gasteiger partial charge in [0.15, 0.2) is 6.10 Å². The maximum absolute atomic E-state index is 12.2. The molecule has 2 aromatic carbocycles. The number of rotatable bonds is 5. The van der Waals surface area contributed by atoms with Crippen LogP contribution in [0.25, 0.3) is 22.5 Å². The Kier molecular flexibility index (Phi) is 5.51. The molecule has 146 valence electrons. The monoisotopic (exact) mass is 387 g/mol. The van der Waals surface area contributed by atoms with Crippen LogP contribution in [-0.2, 0) is 14.3 Å². The highest BCUT2D eigenvalue weighted by Gasteiger charge is 2.19. The molecule has 0 fully saturated rings. The maximum Gasteiger partial charge on any atom is 0.349 e. The van der Waals surface area contributed by atoms with Gasteiger partial charge in [-0.05, 0) is 49.9 Å². The van der Waals surface area contributed by atoms with Gasteiger partial charge in [-0.2, -0.15) is 5.26 Å². The summed E-state index contributed by atoms with van der Waals surface area (Å²) in [6, 6.07) is 17.9. The zero-order valence-corrected chi connectivity index (χ0v) is 16.5. The summed E-state index contributed by atoms with van der Waals surface area (Å²) in [5, 5.41) is 11.6. The van der Waals surface area contributed by atoms with Crippen LogP contribution in [-0.4, -0.2) is 22.5 Å². The van der Waals surface area contributed by atoms with Crippen molar-refractivity contribution in [2.45, 2.75) is 26.9 Å². The highest BCUT2D eigenvalue weighted by atomic mass is 16.5. The Hall–Kier alpha value is -3.85. The molecule has 0 unspecified atom stereocenters. The first-order valence-corrected chi connectivity index (χ1v) is 9.12. The Morgan fingerprint density at radius 2 is 1.86 bits per heavy atom. The topological polar surface area (TPSA) is 98.1 Å². The third kappa shape index (κ3) is 3.90. The lowest BCUT2D eigenvalue weighted by Gasteiger charge is -2.13. The maximum atomic E-state index is 12.2. The van der Waals surface area contributed by atoms with Crippen LogP contribution < -0.4 is 5.73 Å². The molecule has 1 atom stereocenters. The quantitative estimate of drug-likeness (QED) is 0.411. The molecule has 3 aromatic rings. The van der Waals surface area contributed by atoms with Gasteiger partial charge in [0.25, 0.3) is 5.91 Å². The number of amides is 1. The number of carbonyl (C=O) groups is 2. The van der Waals surface area contributed by atoms with Gasteiger partial charge >= 0.3 is 5.97 Å². The number of primary amides is 1. The normalized spacial score (nSPS) is 12.4. The molecule has 0 aliphatic heterocycles. The van der Waals surface area contributed by atoms with Crippen molar-refractivity contribution in [2.75, 3.05) is 0 Å². The molecule has 1 amide bonds. The van der Waals surface area contributed by atoms with Crippen LogP contribution in [0.5, 0.6) is 0 Å². The van der Waals surface area contributed by atoms with E-state index in [4.69, 9.17) is 10.5 Å². The smallest absolute Gasteiger partial charge is 0.349 e. The fourth-order valence-electron chi connectivity index (χ4n) is 3.28. The average Bonchev–Trinajstić information content (AvgIpc) is 2.98. The Bertz CT molecular complexity index is 1180. The van der Waals surface area contributed by atoms with Crippen molar-refractivity contribution in [1.29, 1.82) is 5.26 Å². The van der Waals surface area contributed by atoms with E-state index in [1.807, 2.05) is 50.2 Å². The van der Waals surface area contributed by atoms with Gasteiger partial charge in [-0.25, -0.2) is 4.79 Å². The predicted molar refractivity (Wildman–Crippen MR) is 111 cm³/mol. The summed E-state index contributed by atoms with van der Waals surface area (Å²) >= 11 is 0. The van der Waals surface area contributed by atoms with Crippen LogP contribution in [0.2, 0.25) is 0 Å². The Labute approximate surface area is 168 Å². The van der Waals surface area contributed by atoms with Crippen molar-refractivity contribution in [1.82, 2.24) is 4.57 Å². The second-order valence-corrected chi connectivity index (χ2v) is 6.78. The zero-order valence-electron chi connectivity index (χ0n) is 16.5. The third-order valence-electron chi connectivity index (χ3n) is 4.80. The minimum Gasteiger partial charge on any atom is -0.448 e. The standard InChI is InChI=1S/C23H21N3O3/c1-14-11-18(12-19(13-24)23(28)29-16(3)22(25)27)15(2)26(14)21-10-6-8-17-7-4-5-9-20(17)21/h4-12,16H,1-3H3,(H2,25,27)/b19-12+/t16-/m1/s1. The van der Waals surface area contributed by atoms with E-state index in [1.165, 1.54) is 13.0 Å². The first kappa shape index (κ1) is 19.9. The summed E-state index contributed by atoms with van der Waals surface area (Å²) in [7, 11) is 0. The highest BCUT2D eigenvalue weighted by Crippen LogP contribution is 2.28. The van der Waals surface area contributed by atoms with Crippen LogP contribution >= 0.6 is 0 Å². The fourth-order valence-corrected chi connectivity index (χ4v) is 3.28. The minimum absolute atomic E-state index is 0.198. The van der Waals surface area contributed by atoms with Gasteiger partial charge in [0.2, 0.25) is 0 Å². The van der Waals surface area contributed by atoms with Gasteiger partial charge in [-0.15, -0.1) is 0 Å². The lowest BCUT2D eigenvalue weighted by atomic mass is 10.1. The van der Waals surface area contributed by atoms with E-state index in [-0.39, 0.29) is 5.57 Å². The molecule has 0 saturated carbocycles. The number of nitrogens with two attached hydrogens (primary N) is 1. The second-order valence-electron chi connectivity index (χ2n) is 6.78. The molecular weight excluding hydrogens is 366 g/mol. The van der Waals surface area contributed by atoms with Gasteiger partial charge in [-0.1, -0.05) is 36.4 Å². The molecule has 29 heavy (non-hydrogen) atoms. The number of nitriles is 1. The van der Waals surface area contributed by atoms with Crippen molar-refractivity contribution in [3.63, 3.8) is 0 Å². The number of aryl methyl sites for hydroxylation is 1. The van der Waals surface area contributed by atoms with E-state index in [2.05, 4.69) is 22.8 Å². The van der Waals surface area contributed by atoms with Crippen molar-refractivity contribution in [3.05, 3.63) is 71.1 Å². The SMILES string of the molecule is Cc1cc(/C=C(\C#N)C(=O)O[C@H](C)C(N)=O)c(C)n1-c1cccc2ccccc12. The second kappa shape index (κ2) is 8.03. The summed E-state index contributed by atoms with van der Waals surface area (Å²) < 4.78 is 7.03. The van der Waals surface area contributed by atoms with E-state index >= 15 is 0 Å². The minimum atomic E-state index is -1.11. The number of nitrogens with zero attached hydrogens (tertiary/aromatic N) is 2. The van der Waals surface area contributed by atoms with Crippen LogP contribution in [0.3, 0.4) is 0 Å². The van der Waals surface area contributed by atoms with Crippen molar-refractivity contribution < 1.29 is 14.3 Å². The number of hydrogen-bond donors (Lipinski definition) is 1. The molecule has 6 nitrogen and oxygen atoms in total. The molecular formula is C23H21N3O3. The number of benzene rings is 2. The number of hydrogen-bond acceptors (Lipinski definition) is 4. The molecule has 0 aliphatic rings. The predicted octanol–water partition coefficient (Wildman–Crippen LogP) is 3.57. The molecule has 0 bridgehead atoms. The summed E-state index contributed by atoms with van der Waals surface area (Å²) in [5.74, 6) is -1.65. The number of fused-ring (bicyclic) bond motifs is 1. The van der Waals surface area contributed by atoms with Gasteiger partial charge < -0.3 is 15.0 Å². The highest BCUT2D eigenvalue weighted by molar-refractivity contribution is 5.99. The summed E-state index contributed by atoms with van der Waals surface area (Å²) in [6.45, 7) is 5.25.